The van der Waals surface area contributed by atoms with Gasteiger partial charge < -0.3 is 0 Å². The predicted octanol–water partition coefficient (Wildman–Crippen LogP) is 34.2. The van der Waals surface area contributed by atoms with Crippen LogP contribution in [-0.2, 0) is 6.42 Å². The van der Waals surface area contributed by atoms with Gasteiger partial charge in [0.15, 0.2) is 0 Å². The first-order valence-electron chi connectivity index (χ1n) is 32.0. The fraction of sp³-hybridized carbons (Fsp3) is 0.929. The van der Waals surface area contributed by atoms with Crippen LogP contribution in [0, 0.1) is 77.8 Å². The highest BCUT2D eigenvalue weighted by atomic mass is 14.3. The van der Waals surface area contributed by atoms with Crippen LogP contribution in [0.1, 0.15) is 445 Å². The zero-order chi connectivity index (χ0) is 61.2. The number of hydrogen-bond donors (Lipinski definition) is 0. The first-order chi connectivity index (χ1) is 33.0. The van der Waals surface area contributed by atoms with Crippen molar-refractivity contribution in [1.82, 2.24) is 0 Å². The molecular formula is C85H196. The van der Waals surface area contributed by atoms with E-state index in [0.29, 0.717) is 54.1 Å². The van der Waals surface area contributed by atoms with Gasteiger partial charge in [-0.1, -0.05) is 431 Å². The summed E-state index contributed by atoms with van der Waals surface area (Å²) in [6.07, 6.45) is 25.1. The van der Waals surface area contributed by atoms with Crippen molar-refractivity contribution >= 4 is 0 Å². The molecule has 0 nitrogen and oxygen atoms in total. The molecule has 0 aliphatic heterocycles. The minimum absolute atomic E-state index is 0. The third kappa shape index (κ3) is 146. The third-order valence-electron chi connectivity index (χ3n) is 12.3. The molecule has 536 valence electrons. The van der Waals surface area contributed by atoms with Crippen molar-refractivity contribution in [2.24, 2.45) is 77.8 Å². The van der Waals surface area contributed by atoms with E-state index in [-0.39, 0.29) is 74.3 Å². The number of rotatable bonds is 8. The van der Waals surface area contributed by atoms with Gasteiger partial charge in [-0.25, -0.2) is 0 Å². The average molecular weight is 1220 g/mol. The Hall–Kier alpha value is -0.780. The fourth-order valence-corrected chi connectivity index (χ4v) is 9.54. The third-order valence-corrected chi connectivity index (χ3v) is 12.3. The molecule has 1 aromatic carbocycles. The molecule has 2 fully saturated rings. The van der Waals surface area contributed by atoms with Gasteiger partial charge in [-0.05, 0) is 128 Å². The van der Waals surface area contributed by atoms with Gasteiger partial charge in [-0.15, -0.1) is 0 Å². The van der Waals surface area contributed by atoms with E-state index >= 15 is 0 Å². The van der Waals surface area contributed by atoms with Crippen molar-refractivity contribution in [2.75, 3.05) is 0 Å². The van der Waals surface area contributed by atoms with Crippen molar-refractivity contribution < 1.29 is 0 Å². The molecule has 2 saturated carbocycles. The lowest BCUT2D eigenvalue weighted by atomic mass is 9.78. The summed E-state index contributed by atoms with van der Waals surface area (Å²) in [4.78, 5) is 0. The maximum Gasteiger partial charge on any atom is -0.0230 e. The van der Waals surface area contributed by atoms with Crippen LogP contribution >= 0.6 is 0 Å². The second-order valence-electron chi connectivity index (χ2n) is 36.8. The van der Waals surface area contributed by atoms with E-state index < -0.39 is 0 Å². The highest BCUT2D eigenvalue weighted by Crippen LogP contribution is 2.40. The lowest BCUT2D eigenvalue weighted by Crippen LogP contribution is -2.16. The van der Waals surface area contributed by atoms with Gasteiger partial charge in [0.05, 0.1) is 0 Å². The molecule has 0 heteroatoms. The predicted molar refractivity (Wildman–Crippen MR) is 424 cm³/mol. The van der Waals surface area contributed by atoms with Crippen LogP contribution < -0.4 is 0 Å². The normalized spacial score (nSPS) is 13.4. The molecule has 2 aliphatic rings. The molecule has 3 rings (SSSR count). The fourth-order valence-electron chi connectivity index (χ4n) is 9.54. The summed E-state index contributed by atoms with van der Waals surface area (Å²) in [5.74, 6) is 3.83. The average Bonchev–Trinajstić information content (AvgIpc) is 3.93. The van der Waals surface area contributed by atoms with E-state index in [9.17, 15) is 0 Å². The van der Waals surface area contributed by atoms with Gasteiger partial charge in [0.25, 0.3) is 0 Å². The van der Waals surface area contributed by atoms with Crippen LogP contribution in [0.25, 0.3) is 0 Å². The van der Waals surface area contributed by atoms with Gasteiger partial charge in [-0.3, -0.25) is 0 Å². The Kier molecular flexibility index (Phi) is 87.8. The van der Waals surface area contributed by atoms with E-state index in [2.05, 4.69) is 287 Å². The van der Waals surface area contributed by atoms with Crippen LogP contribution in [0.5, 0.6) is 0 Å². The van der Waals surface area contributed by atoms with Crippen molar-refractivity contribution in [3.05, 3.63) is 35.9 Å². The topological polar surface area (TPSA) is 0 Å². The number of hydrogen-bond acceptors (Lipinski definition) is 0. The van der Waals surface area contributed by atoms with Crippen molar-refractivity contribution in [1.29, 1.82) is 0 Å². The van der Waals surface area contributed by atoms with Crippen LogP contribution in [0.3, 0.4) is 0 Å². The van der Waals surface area contributed by atoms with Gasteiger partial charge in [-0.2, -0.15) is 0 Å². The number of benzene rings is 1. The Morgan fingerprint density at radius 2 is 0.682 bits per heavy atom. The molecule has 0 N–H and O–H groups in total. The molecule has 1 atom stereocenters. The minimum Gasteiger partial charge on any atom is -0.0776 e. The van der Waals surface area contributed by atoms with Gasteiger partial charge in [0.1, 0.15) is 0 Å². The van der Waals surface area contributed by atoms with Crippen molar-refractivity contribution in [3.8, 4) is 0 Å². The Balaban J connectivity index is -0.0000000447. The number of unbranched alkanes of at least 4 members (excludes halogenated alkanes) is 1. The summed E-state index contributed by atoms with van der Waals surface area (Å²) in [6, 6.07) is 10.6. The Labute approximate surface area is 556 Å². The molecule has 85 heavy (non-hydrogen) atoms. The molecular weight excluding hydrogens is 1020 g/mol. The molecule has 0 amide bonds. The summed E-state index contributed by atoms with van der Waals surface area (Å²) in [6.45, 7) is 84.3. The standard InChI is InChI=1S/C11H22.C11H16.C9H20.C8H16.3C8H18.C7H16.C5H12.10CH4/c2*1-11(2,3)9-10-7-5-4-6-8-10;1-8(2,3)7-9(4,5)6;1-8(2,3)6-7-4-5-7;1-7(2)6-8(3,4)5;1-6-7(2)8(3,4)5;1-5-6-7-8(2,3)4;1-5-6-7(2,3)4;1-5(2,3)4;;;;;;;;;;/h10H,4-9H2,1-3H3;4-8H,9H2,1-3H3;7H2,1-6H3;7H,4-6H2,1-3H3;2*7H,6H2,1-5H3;5-7H2,1-4H3;5-6H2,1-4H3;1-4H3;10*1H4. The van der Waals surface area contributed by atoms with E-state index in [1.54, 1.807) is 0 Å². The van der Waals surface area contributed by atoms with Crippen LogP contribution in [0.15, 0.2) is 30.3 Å². The molecule has 0 aromatic heterocycles. The zero-order valence-corrected chi connectivity index (χ0v) is 60.4. The van der Waals surface area contributed by atoms with E-state index in [1.807, 2.05) is 0 Å². The van der Waals surface area contributed by atoms with Crippen LogP contribution in [-0.4, -0.2) is 0 Å². The Morgan fingerprint density at radius 1 is 0.365 bits per heavy atom. The van der Waals surface area contributed by atoms with Gasteiger partial charge in [0, 0.05) is 0 Å². The minimum atomic E-state index is 0. The van der Waals surface area contributed by atoms with Crippen molar-refractivity contribution in [3.63, 3.8) is 0 Å². The molecule has 1 unspecified atom stereocenters. The van der Waals surface area contributed by atoms with Crippen LogP contribution in [0.4, 0.5) is 0 Å². The smallest absolute Gasteiger partial charge is 0.0230 e. The largest absolute Gasteiger partial charge is 0.0776 e. The highest BCUT2D eigenvalue weighted by molar-refractivity contribution is 5.15. The van der Waals surface area contributed by atoms with Crippen molar-refractivity contribution in [2.45, 2.75) is 446 Å². The quantitative estimate of drug-likeness (QED) is 0.243. The summed E-state index contributed by atoms with van der Waals surface area (Å²) in [5, 5.41) is 0. The molecule has 2 aliphatic carbocycles. The molecule has 0 bridgehead atoms. The second kappa shape index (κ2) is 59.5. The maximum absolute atomic E-state index is 2.36. The zero-order valence-electron chi connectivity index (χ0n) is 60.4. The highest BCUT2D eigenvalue weighted by Gasteiger charge is 2.27. The summed E-state index contributed by atoms with van der Waals surface area (Å²) < 4.78 is 0. The molecule has 0 radical (unpaired) electrons. The summed E-state index contributed by atoms with van der Waals surface area (Å²) in [7, 11) is 0. The first kappa shape index (κ1) is 125. The second-order valence-corrected chi connectivity index (χ2v) is 36.8. The Morgan fingerprint density at radius 3 is 0.812 bits per heavy atom. The first-order valence-corrected chi connectivity index (χ1v) is 32.0. The van der Waals surface area contributed by atoms with E-state index in [0.717, 1.165) is 30.1 Å². The van der Waals surface area contributed by atoms with Crippen LogP contribution in [0.2, 0.25) is 0 Å². The van der Waals surface area contributed by atoms with E-state index in [4.69, 9.17) is 0 Å². The Bertz CT molecular complexity index is 1300. The maximum atomic E-state index is 2.36. The van der Waals surface area contributed by atoms with Gasteiger partial charge in [0.2, 0.25) is 0 Å². The molecule has 0 heterocycles. The monoisotopic (exact) mass is 1220 g/mol. The lowest BCUT2D eigenvalue weighted by molar-refractivity contribution is 0.233. The molecule has 0 spiro atoms. The summed E-state index contributed by atoms with van der Waals surface area (Å²) in [5.41, 5.74) is 6.58. The lowest BCUT2D eigenvalue weighted by Gasteiger charge is -2.28. The molecule has 0 saturated heterocycles. The van der Waals surface area contributed by atoms with E-state index in [1.165, 1.54) is 115 Å². The van der Waals surface area contributed by atoms with Gasteiger partial charge >= 0.3 is 0 Å². The summed E-state index contributed by atoms with van der Waals surface area (Å²) >= 11 is 0. The molecule has 1 aromatic rings. The SMILES string of the molecule is C.C.C.C.C.C.C.C.C.C.CC(C)(C)C.CC(C)(C)CC(C)(C)C.CC(C)(C)CC1CC1.CC(C)(C)CC1CCCCC1.CC(C)(C)Cc1ccccc1.CC(C)CC(C)(C)C.CCC(C)C(C)(C)C.CCCC(C)(C)C.CCCCC(C)(C)C.